The zero-order valence-electron chi connectivity index (χ0n) is 8.17. The van der Waals surface area contributed by atoms with E-state index in [-0.39, 0.29) is 0 Å². The van der Waals surface area contributed by atoms with Gasteiger partial charge in [0.25, 0.3) is 0 Å². The maximum absolute atomic E-state index is 11.3. The second-order valence-electron chi connectivity index (χ2n) is 3.10. The highest BCUT2D eigenvalue weighted by molar-refractivity contribution is 5.96. The topological polar surface area (TPSA) is 110 Å². The van der Waals surface area contributed by atoms with Crippen LogP contribution in [0, 0.1) is 0 Å². The summed E-state index contributed by atoms with van der Waals surface area (Å²) in [6.07, 6.45) is 2.64. The predicted octanol–water partition coefficient (Wildman–Crippen LogP) is -0.839. The van der Waals surface area contributed by atoms with Gasteiger partial charge in [-0.3, -0.25) is 14.3 Å². The first-order chi connectivity index (χ1) is 6.99. The summed E-state index contributed by atoms with van der Waals surface area (Å²) < 4.78 is 1.51. The Hall–Kier alpha value is -1.89. The smallest absolute Gasteiger partial charge is 0.305 e. The van der Waals surface area contributed by atoms with E-state index in [9.17, 15) is 9.59 Å². The number of rotatable bonds is 4. The molecule has 1 aromatic rings. The molecule has 0 aliphatic heterocycles. The molecule has 0 bridgehead atoms. The Balaban J connectivity index is 2.52. The summed E-state index contributed by atoms with van der Waals surface area (Å²) in [5, 5.41) is 14.7. The largest absolute Gasteiger partial charge is 0.481 e. The molecule has 7 heteroatoms. The minimum atomic E-state index is -1.11. The number of aryl methyl sites for hydroxylation is 1. The number of carbonyl (C=O) groups excluding carboxylic acids is 1. The van der Waals surface area contributed by atoms with Gasteiger partial charge in [0.15, 0.2) is 0 Å². The molecule has 0 saturated heterocycles. The number of hydrogen-bond acceptors (Lipinski definition) is 4. The lowest BCUT2D eigenvalue weighted by atomic mass is 10.2. The van der Waals surface area contributed by atoms with E-state index in [2.05, 4.69) is 10.4 Å². The number of carboxylic acid groups (broad SMARTS) is 1. The maximum Gasteiger partial charge on any atom is 0.305 e. The molecule has 1 aromatic heterocycles. The van der Waals surface area contributed by atoms with Crippen LogP contribution in [-0.2, 0) is 16.6 Å². The first-order valence-electron chi connectivity index (χ1n) is 4.26. The van der Waals surface area contributed by atoms with E-state index in [1.165, 1.54) is 10.9 Å². The number of aromatic nitrogens is 2. The van der Waals surface area contributed by atoms with Gasteiger partial charge in [-0.05, 0) is 0 Å². The molecule has 0 aliphatic carbocycles. The number of nitrogens with two attached hydrogens (primary N) is 1. The van der Waals surface area contributed by atoms with Crippen LogP contribution in [0.1, 0.15) is 6.42 Å². The molecule has 0 spiro atoms. The van der Waals surface area contributed by atoms with E-state index < -0.39 is 24.3 Å². The Morgan fingerprint density at radius 2 is 2.40 bits per heavy atom. The number of nitrogens with zero attached hydrogens (tertiary/aromatic N) is 2. The van der Waals surface area contributed by atoms with Gasteiger partial charge in [-0.25, -0.2) is 0 Å². The number of carbonyl (C=O) groups is 2. The molecule has 7 nitrogen and oxygen atoms in total. The second-order valence-corrected chi connectivity index (χ2v) is 3.10. The molecular formula is C8H12N4O3. The van der Waals surface area contributed by atoms with Crippen LogP contribution in [0.15, 0.2) is 12.4 Å². The van der Waals surface area contributed by atoms with Gasteiger partial charge in [-0.1, -0.05) is 0 Å². The van der Waals surface area contributed by atoms with Crippen molar-refractivity contribution in [1.82, 2.24) is 9.78 Å². The molecule has 4 N–H and O–H groups in total. The number of aliphatic carboxylic acids is 1. The highest BCUT2D eigenvalue weighted by Crippen LogP contribution is 2.04. The minimum absolute atomic E-state index is 0.397. The lowest BCUT2D eigenvalue weighted by Crippen LogP contribution is -2.37. The molecule has 0 aliphatic rings. The number of anilines is 1. The summed E-state index contributed by atoms with van der Waals surface area (Å²) in [5.74, 6) is -1.64. The van der Waals surface area contributed by atoms with E-state index in [1.54, 1.807) is 13.2 Å². The first-order valence-corrected chi connectivity index (χ1v) is 4.26. The SMILES string of the molecule is Cn1cc(NC(=O)C(N)CC(=O)O)cn1. The summed E-state index contributed by atoms with van der Waals surface area (Å²) >= 11 is 0. The summed E-state index contributed by atoms with van der Waals surface area (Å²) in [4.78, 5) is 21.6. The van der Waals surface area contributed by atoms with Gasteiger partial charge < -0.3 is 16.2 Å². The summed E-state index contributed by atoms with van der Waals surface area (Å²) in [7, 11) is 1.70. The lowest BCUT2D eigenvalue weighted by Gasteiger charge is -2.07. The number of carboxylic acids is 1. The van der Waals surface area contributed by atoms with Crippen LogP contribution in [0.5, 0.6) is 0 Å². The zero-order valence-corrected chi connectivity index (χ0v) is 8.17. The van der Waals surface area contributed by atoms with Crippen molar-refractivity contribution in [2.75, 3.05) is 5.32 Å². The van der Waals surface area contributed by atoms with Crippen LogP contribution >= 0.6 is 0 Å². The molecule has 0 aromatic carbocycles. The standard InChI is InChI=1S/C8H12N4O3/c1-12-4-5(3-10-12)11-8(15)6(9)2-7(13)14/h3-4,6H,2,9H2,1H3,(H,11,15)(H,13,14). The van der Waals surface area contributed by atoms with E-state index >= 15 is 0 Å². The van der Waals surface area contributed by atoms with Crippen molar-refractivity contribution in [2.24, 2.45) is 12.8 Å². The molecule has 15 heavy (non-hydrogen) atoms. The maximum atomic E-state index is 11.3. The van der Waals surface area contributed by atoms with Crippen molar-refractivity contribution < 1.29 is 14.7 Å². The van der Waals surface area contributed by atoms with Crippen LogP contribution in [0.25, 0.3) is 0 Å². The summed E-state index contributed by atoms with van der Waals surface area (Å²) in [6.45, 7) is 0. The molecule has 1 rings (SSSR count). The Bertz CT molecular complexity index is 374. The van der Waals surface area contributed by atoms with Gasteiger partial charge >= 0.3 is 5.97 Å². The third-order valence-corrected chi connectivity index (χ3v) is 1.70. The van der Waals surface area contributed by atoms with Gasteiger partial charge in [-0.15, -0.1) is 0 Å². The third kappa shape index (κ3) is 3.39. The number of nitrogens with one attached hydrogen (secondary N) is 1. The van der Waals surface area contributed by atoms with E-state index in [1.807, 2.05) is 0 Å². The molecule has 0 radical (unpaired) electrons. The molecule has 0 fully saturated rings. The van der Waals surface area contributed by atoms with E-state index in [0.29, 0.717) is 5.69 Å². The van der Waals surface area contributed by atoms with E-state index in [0.717, 1.165) is 0 Å². The van der Waals surface area contributed by atoms with Gasteiger partial charge in [0.1, 0.15) is 0 Å². The second kappa shape index (κ2) is 4.56. The highest BCUT2D eigenvalue weighted by Gasteiger charge is 2.17. The van der Waals surface area contributed by atoms with Crippen LogP contribution in [0.4, 0.5) is 5.69 Å². The zero-order chi connectivity index (χ0) is 11.4. The van der Waals surface area contributed by atoms with Gasteiger partial charge in [0, 0.05) is 13.2 Å². The molecule has 1 unspecified atom stereocenters. The average molecular weight is 212 g/mol. The van der Waals surface area contributed by atoms with Crippen molar-refractivity contribution in [3.63, 3.8) is 0 Å². The summed E-state index contributed by atoms with van der Waals surface area (Å²) in [5.41, 5.74) is 5.84. The Morgan fingerprint density at radius 1 is 1.73 bits per heavy atom. The average Bonchev–Trinajstić information content (AvgIpc) is 2.50. The molecule has 0 saturated carbocycles. The Labute approximate surface area is 85.9 Å². The summed E-state index contributed by atoms with van der Waals surface area (Å²) in [6, 6.07) is -1.05. The molecule has 82 valence electrons. The van der Waals surface area contributed by atoms with Gasteiger partial charge in [0.2, 0.25) is 5.91 Å². The first kappa shape index (κ1) is 11.2. The molecule has 1 atom stereocenters. The van der Waals surface area contributed by atoms with Crippen LogP contribution in [-0.4, -0.2) is 32.8 Å². The lowest BCUT2D eigenvalue weighted by molar-refractivity contribution is -0.138. The normalized spacial score (nSPS) is 12.1. The fourth-order valence-electron chi connectivity index (χ4n) is 1.00. The van der Waals surface area contributed by atoms with Crippen LogP contribution in [0.3, 0.4) is 0 Å². The molecular weight excluding hydrogens is 200 g/mol. The monoisotopic (exact) mass is 212 g/mol. The highest BCUT2D eigenvalue weighted by atomic mass is 16.4. The van der Waals surface area contributed by atoms with Crippen molar-refractivity contribution in [3.05, 3.63) is 12.4 Å². The van der Waals surface area contributed by atoms with Crippen molar-refractivity contribution in [1.29, 1.82) is 0 Å². The molecule has 1 amide bonds. The van der Waals surface area contributed by atoms with Crippen molar-refractivity contribution in [3.8, 4) is 0 Å². The minimum Gasteiger partial charge on any atom is -0.481 e. The number of hydrogen-bond donors (Lipinski definition) is 3. The van der Waals surface area contributed by atoms with Gasteiger partial charge in [0.05, 0.1) is 24.3 Å². The van der Waals surface area contributed by atoms with Crippen LogP contribution < -0.4 is 11.1 Å². The Kier molecular flexibility index (Phi) is 3.40. The predicted molar refractivity (Wildman–Crippen MR) is 52.1 cm³/mol. The van der Waals surface area contributed by atoms with Crippen molar-refractivity contribution >= 4 is 17.6 Å². The van der Waals surface area contributed by atoms with Crippen molar-refractivity contribution in [2.45, 2.75) is 12.5 Å². The quantitative estimate of drug-likeness (QED) is 0.602. The molecule has 1 heterocycles. The number of amides is 1. The fourth-order valence-corrected chi connectivity index (χ4v) is 1.00. The third-order valence-electron chi connectivity index (χ3n) is 1.70. The van der Waals surface area contributed by atoms with Crippen LogP contribution in [0.2, 0.25) is 0 Å². The van der Waals surface area contributed by atoms with Gasteiger partial charge in [-0.2, -0.15) is 5.10 Å². The van der Waals surface area contributed by atoms with E-state index in [4.69, 9.17) is 10.8 Å². The fraction of sp³-hybridized carbons (Fsp3) is 0.375. The Morgan fingerprint density at radius 3 is 2.87 bits per heavy atom.